The molecule has 0 saturated heterocycles. The van der Waals surface area contributed by atoms with Crippen LogP contribution in [0.15, 0.2) is 33.0 Å². The molecule has 1 aromatic heterocycles. The Morgan fingerprint density at radius 3 is 2.60 bits per heavy atom. The average Bonchev–Trinajstić information content (AvgIpc) is 2.41. The van der Waals surface area contributed by atoms with E-state index in [0.29, 0.717) is 17.4 Å². The first-order valence-electron chi connectivity index (χ1n) is 6.13. The van der Waals surface area contributed by atoms with Crippen molar-refractivity contribution in [1.29, 1.82) is 0 Å². The van der Waals surface area contributed by atoms with Crippen LogP contribution in [-0.4, -0.2) is 17.3 Å². The predicted molar refractivity (Wildman–Crippen MR) is 75.5 cm³/mol. The highest BCUT2D eigenvalue weighted by molar-refractivity contribution is 5.91. The minimum Gasteiger partial charge on any atom is -0.502 e. The largest absolute Gasteiger partial charge is 0.502 e. The number of aromatic hydroxyl groups is 2. The molecule has 0 spiro atoms. The predicted octanol–water partition coefficient (Wildman–Crippen LogP) is 2.72. The number of ether oxygens (including phenoxy) is 1. The smallest absolute Gasteiger partial charge is 0.336 e. The van der Waals surface area contributed by atoms with Gasteiger partial charge in [-0.2, -0.15) is 0 Å². The van der Waals surface area contributed by atoms with Crippen molar-refractivity contribution in [3.05, 3.63) is 39.8 Å². The van der Waals surface area contributed by atoms with E-state index in [-0.39, 0.29) is 11.3 Å². The minimum atomic E-state index is -0.592. The molecule has 1 heterocycles. The Hall–Kier alpha value is -2.43. The Labute approximate surface area is 115 Å². The molecule has 0 amide bonds. The van der Waals surface area contributed by atoms with Crippen molar-refractivity contribution in [2.75, 3.05) is 7.11 Å². The lowest BCUT2D eigenvalue weighted by Gasteiger charge is -2.13. The summed E-state index contributed by atoms with van der Waals surface area (Å²) < 4.78 is 10.1. The van der Waals surface area contributed by atoms with Crippen molar-refractivity contribution in [2.24, 2.45) is 0 Å². The number of allylic oxidation sites excluding steroid dienone is 2. The van der Waals surface area contributed by atoms with E-state index in [0.717, 1.165) is 5.57 Å². The Kier molecular flexibility index (Phi) is 3.70. The third kappa shape index (κ3) is 2.34. The maximum absolute atomic E-state index is 11.3. The van der Waals surface area contributed by atoms with Gasteiger partial charge in [0.1, 0.15) is 0 Å². The van der Waals surface area contributed by atoms with Crippen LogP contribution in [0.2, 0.25) is 0 Å². The van der Waals surface area contributed by atoms with Gasteiger partial charge < -0.3 is 19.4 Å². The molecule has 0 fully saturated rings. The molecule has 0 aliphatic heterocycles. The third-order valence-corrected chi connectivity index (χ3v) is 3.01. The van der Waals surface area contributed by atoms with Crippen molar-refractivity contribution >= 4 is 11.0 Å². The lowest BCUT2D eigenvalue weighted by atomic mass is 10.0. The summed E-state index contributed by atoms with van der Waals surface area (Å²) in [6.07, 6.45) is 2.45. The van der Waals surface area contributed by atoms with Gasteiger partial charge in [-0.05, 0) is 26.3 Å². The maximum Gasteiger partial charge on any atom is 0.336 e. The molecule has 2 N–H and O–H groups in total. The van der Waals surface area contributed by atoms with Gasteiger partial charge in [-0.15, -0.1) is 0 Å². The first kappa shape index (κ1) is 14.0. The Morgan fingerprint density at radius 2 is 2.00 bits per heavy atom. The zero-order chi connectivity index (χ0) is 14.9. The summed E-state index contributed by atoms with van der Waals surface area (Å²) in [4.78, 5) is 11.3. The Bertz CT molecular complexity index is 736. The number of hydrogen-bond donors (Lipinski definition) is 2. The Balaban J connectivity index is 2.84. The number of methoxy groups -OCH3 is 1. The van der Waals surface area contributed by atoms with Crippen LogP contribution in [0, 0.1) is 0 Å². The van der Waals surface area contributed by atoms with Crippen molar-refractivity contribution in [1.82, 2.24) is 0 Å². The number of phenols is 2. The van der Waals surface area contributed by atoms with E-state index >= 15 is 0 Å². The van der Waals surface area contributed by atoms with Gasteiger partial charge >= 0.3 is 5.63 Å². The minimum absolute atomic E-state index is 0.0343. The number of fused-ring (bicyclic) bond motifs is 1. The molecule has 0 aliphatic carbocycles. The van der Waals surface area contributed by atoms with Gasteiger partial charge in [-0.1, -0.05) is 11.6 Å². The van der Waals surface area contributed by atoms with Crippen molar-refractivity contribution in [3.63, 3.8) is 0 Å². The topological polar surface area (TPSA) is 79.9 Å². The van der Waals surface area contributed by atoms with Crippen LogP contribution < -0.4 is 10.4 Å². The zero-order valence-corrected chi connectivity index (χ0v) is 11.6. The van der Waals surface area contributed by atoms with Crippen LogP contribution in [0.25, 0.3) is 11.0 Å². The number of benzene rings is 1. The monoisotopic (exact) mass is 276 g/mol. The fraction of sp³-hybridized carbons (Fsp3) is 0.267. The van der Waals surface area contributed by atoms with Crippen LogP contribution in [-0.2, 0) is 6.42 Å². The van der Waals surface area contributed by atoms with Gasteiger partial charge in [0, 0.05) is 17.0 Å². The van der Waals surface area contributed by atoms with Crippen LogP contribution >= 0.6 is 0 Å². The third-order valence-electron chi connectivity index (χ3n) is 3.01. The van der Waals surface area contributed by atoms with Crippen LogP contribution in [0.5, 0.6) is 17.2 Å². The average molecular weight is 276 g/mol. The van der Waals surface area contributed by atoms with Crippen molar-refractivity contribution in [3.8, 4) is 17.2 Å². The second-order valence-electron chi connectivity index (χ2n) is 4.69. The van der Waals surface area contributed by atoms with Gasteiger partial charge in [0.05, 0.1) is 7.11 Å². The standard InChI is InChI=1S/C15H16O5/c1-8(2)4-5-9-10-6-7-11(16)20-15(10)13(18)12(17)14(9)19-3/h4,6-7,17-18H,5H2,1-3H3. The molecule has 106 valence electrons. The van der Waals surface area contributed by atoms with E-state index in [1.165, 1.54) is 13.2 Å². The molecular formula is C15H16O5. The normalized spacial score (nSPS) is 10.6. The highest BCUT2D eigenvalue weighted by Crippen LogP contribution is 2.45. The molecule has 20 heavy (non-hydrogen) atoms. The first-order valence-corrected chi connectivity index (χ1v) is 6.13. The van der Waals surface area contributed by atoms with E-state index in [4.69, 9.17) is 9.15 Å². The molecule has 0 bridgehead atoms. The lowest BCUT2D eigenvalue weighted by molar-refractivity contribution is 0.347. The number of rotatable bonds is 3. The zero-order valence-electron chi connectivity index (χ0n) is 11.6. The first-order chi connectivity index (χ1) is 9.45. The summed E-state index contributed by atoms with van der Waals surface area (Å²) in [5, 5.41) is 20.4. The van der Waals surface area contributed by atoms with E-state index in [1.54, 1.807) is 6.07 Å². The number of phenolic OH excluding ortho intramolecular Hbond substituents is 2. The molecule has 0 atom stereocenters. The molecule has 2 rings (SSSR count). The van der Waals surface area contributed by atoms with Crippen LogP contribution in [0.1, 0.15) is 19.4 Å². The maximum atomic E-state index is 11.3. The van der Waals surface area contributed by atoms with Gasteiger partial charge in [0.2, 0.25) is 11.5 Å². The van der Waals surface area contributed by atoms with Crippen molar-refractivity contribution in [2.45, 2.75) is 20.3 Å². The van der Waals surface area contributed by atoms with Gasteiger partial charge in [-0.25, -0.2) is 4.79 Å². The molecule has 5 nitrogen and oxygen atoms in total. The summed E-state index contributed by atoms with van der Waals surface area (Å²) in [6, 6.07) is 2.82. The summed E-state index contributed by atoms with van der Waals surface area (Å²) in [7, 11) is 1.41. The SMILES string of the molecule is COc1c(O)c(O)c2oc(=O)ccc2c1CC=C(C)C. The van der Waals surface area contributed by atoms with Gasteiger partial charge in [0.15, 0.2) is 11.3 Å². The van der Waals surface area contributed by atoms with E-state index in [1.807, 2.05) is 19.9 Å². The Morgan fingerprint density at radius 1 is 1.30 bits per heavy atom. The second-order valence-corrected chi connectivity index (χ2v) is 4.69. The van der Waals surface area contributed by atoms with E-state index < -0.39 is 17.1 Å². The van der Waals surface area contributed by atoms with Gasteiger partial charge in [-0.3, -0.25) is 0 Å². The fourth-order valence-electron chi connectivity index (χ4n) is 2.04. The van der Waals surface area contributed by atoms with E-state index in [2.05, 4.69) is 0 Å². The van der Waals surface area contributed by atoms with E-state index in [9.17, 15) is 15.0 Å². The molecule has 0 saturated carbocycles. The molecule has 0 radical (unpaired) electrons. The molecule has 1 aromatic carbocycles. The summed E-state index contributed by atoms with van der Waals surface area (Å²) >= 11 is 0. The van der Waals surface area contributed by atoms with Crippen LogP contribution in [0.4, 0.5) is 0 Å². The molecule has 0 aliphatic rings. The highest BCUT2D eigenvalue weighted by atomic mass is 16.5. The molecule has 5 heteroatoms. The lowest BCUT2D eigenvalue weighted by Crippen LogP contribution is -1.99. The molecule has 0 unspecified atom stereocenters. The summed E-state index contributed by atoms with van der Waals surface area (Å²) in [6.45, 7) is 3.91. The van der Waals surface area contributed by atoms with Gasteiger partial charge in [0.25, 0.3) is 0 Å². The number of hydrogen-bond acceptors (Lipinski definition) is 5. The summed E-state index contributed by atoms with van der Waals surface area (Å²) in [5.74, 6) is -0.733. The molecular weight excluding hydrogens is 260 g/mol. The van der Waals surface area contributed by atoms with Crippen molar-refractivity contribution < 1.29 is 19.4 Å². The summed E-state index contributed by atoms with van der Waals surface area (Å²) in [5.41, 5.74) is 1.13. The highest BCUT2D eigenvalue weighted by Gasteiger charge is 2.20. The van der Waals surface area contributed by atoms with Crippen LogP contribution in [0.3, 0.4) is 0 Å². The quantitative estimate of drug-likeness (QED) is 0.512. The molecule has 2 aromatic rings. The fourth-order valence-corrected chi connectivity index (χ4v) is 2.04. The second kappa shape index (κ2) is 5.28.